The van der Waals surface area contributed by atoms with Gasteiger partial charge in [-0.3, -0.25) is 9.59 Å². The van der Waals surface area contributed by atoms with Crippen LogP contribution in [-0.4, -0.2) is 18.9 Å². The lowest BCUT2D eigenvalue weighted by Crippen LogP contribution is -2.31. The Bertz CT molecular complexity index is 1110. The molecule has 2 amide bonds. The highest BCUT2D eigenvalue weighted by Crippen LogP contribution is 2.41. The van der Waals surface area contributed by atoms with Gasteiger partial charge in [-0.2, -0.15) is 0 Å². The minimum absolute atomic E-state index is 0.364. The van der Waals surface area contributed by atoms with E-state index in [4.69, 9.17) is 16.3 Å². The van der Waals surface area contributed by atoms with Gasteiger partial charge >= 0.3 is 0 Å². The van der Waals surface area contributed by atoms with Crippen molar-refractivity contribution in [3.8, 4) is 5.75 Å². The van der Waals surface area contributed by atoms with E-state index in [2.05, 4.69) is 0 Å². The molecule has 0 bridgehead atoms. The number of benzene rings is 3. The van der Waals surface area contributed by atoms with Gasteiger partial charge in [0.25, 0.3) is 11.8 Å². The smallest absolute Gasteiger partial charge is 0.272 e. The molecule has 0 N–H and O–H groups in total. The summed E-state index contributed by atoms with van der Waals surface area (Å²) in [6.07, 6.45) is 0. The zero-order chi connectivity index (χ0) is 20.4. The van der Waals surface area contributed by atoms with Crippen molar-refractivity contribution in [2.75, 3.05) is 12.0 Å². The zero-order valence-electron chi connectivity index (χ0n) is 15.5. The first-order chi connectivity index (χ1) is 14.1. The van der Waals surface area contributed by atoms with Gasteiger partial charge in [-0.1, -0.05) is 59.8 Å². The summed E-state index contributed by atoms with van der Waals surface area (Å²) in [7, 11) is 1.58. The van der Waals surface area contributed by atoms with Crippen LogP contribution < -0.4 is 9.64 Å². The molecule has 0 radical (unpaired) electrons. The number of imide groups is 1. The van der Waals surface area contributed by atoms with Crippen LogP contribution in [0, 0.1) is 0 Å². The molecule has 0 saturated carbocycles. The first-order valence-electron chi connectivity index (χ1n) is 8.84. The molecule has 4 rings (SSSR count). The van der Waals surface area contributed by atoms with Crippen LogP contribution in [0.2, 0.25) is 5.02 Å². The Labute approximate surface area is 177 Å². The van der Waals surface area contributed by atoms with Crippen LogP contribution in [0.25, 0.3) is 5.57 Å². The van der Waals surface area contributed by atoms with Crippen molar-refractivity contribution < 1.29 is 14.3 Å². The highest BCUT2D eigenvalue weighted by atomic mass is 35.5. The van der Waals surface area contributed by atoms with Gasteiger partial charge in [0.2, 0.25) is 0 Å². The molecule has 0 unspecified atom stereocenters. The standard InChI is InChI=1S/C23H16ClNO3S/c1-28-18-12-10-15(11-13-18)20-21(29-19-8-3-2-4-9-19)23(27)25(22(20)26)17-7-5-6-16(24)14-17/h2-14H,1H3. The Hall–Kier alpha value is -3.02. The number of anilines is 1. The molecule has 1 aliphatic heterocycles. The fourth-order valence-corrected chi connectivity index (χ4v) is 4.27. The summed E-state index contributed by atoms with van der Waals surface area (Å²) in [5.41, 5.74) is 1.47. The van der Waals surface area contributed by atoms with E-state index < -0.39 is 0 Å². The number of carbonyl (C=O) groups excluding carboxylic acids is 2. The summed E-state index contributed by atoms with van der Waals surface area (Å²) in [6, 6.07) is 23.3. The summed E-state index contributed by atoms with van der Waals surface area (Å²) < 4.78 is 5.21. The Morgan fingerprint density at radius 1 is 0.862 bits per heavy atom. The molecule has 0 aliphatic carbocycles. The average molecular weight is 422 g/mol. The summed E-state index contributed by atoms with van der Waals surface area (Å²) >= 11 is 7.37. The van der Waals surface area contributed by atoms with E-state index in [0.29, 0.717) is 32.5 Å². The Kier molecular flexibility index (Phi) is 5.43. The lowest BCUT2D eigenvalue weighted by molar-refractivity contribution is -0.119. The number of carbonyl (C=O) groups is 2. The number of halogens is 1. The number of amides is 2. The van der Waals surface area contributed by atoms with E-state index >= 15 is 0 Å². The van der Waals surface area contributed by atoms with Crippen LogP contribution in [0.5, 0.6) is 5.75 Å². The molecular formula is C23H16ClNO3S. The van der Waals surface area contributed by atoms with Gasteiger partial charge in [-0.25, -0.2) is 4.90 Å². The summed E-state index contributed by atoms with van der Waals surface area (Å²) in [5.74, 6) is -0.0621. The molecule has 4 nitrogen and oxygen atoms in total. The van der Waals surface area contributed by atoms with E-state index in [0.717, 1.165) is 4.90 Å². The lowest BCUT2D eigenvalue weighted by Gasteiger charge is -2.15. The predicted molar refractivity (Wildman–Crippen MR) is 116 cm³/mol. The van der Waals surface area contributed by atoms with Crippen LogP contribution in [-0.2, 0) is 9.59 Å². The van der Waals surface area contributed by atoms with Gasteiger partial charge < -0.3 is 4.74 Å². The molecule has 0 atom stereocenters. The molecular weight excluding hydrogens is 406 g/mol. The van der Waals surface area contributed by atoms with Gasteiger partial charge in [0, 0.05) is 9.92 Å². The fraction of sp³-hybridized carbons (Fsp3) is 0.0435. The van der Waals surface area contributed by atoms with Crippen molar-refractivity contribution in [2.45, 2.75) is 4.90 Å². The Balaban J connectivity index is 1.82. The minimum Gasteiger partial charge on any atom is -0.497 e. The third kappa shape index (κ3) is 3.79. The van der Waals surface area contributed by atoms with Crippen molar-refractivity contribution in [3.05, 3.63) is 94.4 Å². The normalized spacial score (nSPS) is 13.9. The molecule has 3 aromatic rings. The molecule has 0 fully saturated rings. The summed E-state index contributed by atoms with van der Waals surface area (Å²) in [5, 5.41) is 0.457. The first kappa shape index (κ1) is 19.3. The second kappa shape index (κ2) is 8.15. The van der Waals surface area contributed by atoms with Crippen LogP contribution >= 0.6 is 23.4 Å². The second-order valence-corrected chi connectivity index (χ2v) is 7.79. The summed E-state index contributed by atoms with van der Waals surface area (Å²) in [4.78, 5) is 29.1. The van der Waals surface area contributed by atoms with E-state index in [1.807, 2.05) is 30.3 Å². The maximum absolute atomic E-state index is 13.3. The molecule has 3 aromatic carbocycles. The fourth-order valence-electron chi connectivity index (χ4n) is 3.07. The van der Waals surface area contributed by atoms with Gasteiger partial charge in [0.15, 0.2) is 0 Å². The number of rotatable bonds is 5. The number of ether oxygens (including phenoxy) is 1. The largest absolute Gasteiger partial charge is 0.497 e. The predicted octanol–water partition coefficient (Wildman–Crippen LogP) is 5.43. The third-order valence-electron chi connectivity index (χ3n) is 4.45. The topological polar surface area (TPSA) is 46.6 Å². The Morgan fingerprint density at radius 2 is 1.59 bits per heavy atom. The number of hydrogen-bond donors (Lipinski definition) is 0. The SMILES string of the molecule is COc1ccc(C2=C(Sc3ccccc3)C(=O)N(c3cccc(Cl)c3)C2=O)cc1. The second-order valence-electron chi connectivity index (χ2n) is 6.27. The van der Waals surface area contributed by atoms with Gasteiger partial charge in [-0.15, -0.1) is 0 Å². The molecule has 0 spiro atoms. The molecule has 6 heteroatoms. The van der Waals surface area contributed by atoms with Gasteiger partial charge in [0.1, 0.15) is 5.75 Å². The first-order valence-corrected chi connectivity index (χ1v) is 10.0. The van der Waals surface area contributed by atoms with Gasteiger partial charge in [-0.05, 0) is 48.0 Å². The minimum atomic E-state index is -0.374. The van der Waals surface area contributed by atoms with Crippen molar-refractivity contribution in [2.24, 2.45) is 0 Å². The maximum atomic E-state index is 13.3. The van der Waals surface area contributed by atoms with Crippen molar-refractivity contribution in [3.63, 3.8) is 0 Å². The molecule has 0 aromatic heterocycles. The highest BCUT2D eigenvalue weighted by Gasteiger charge is 2.40. The quantitative estimate of drug-likeness (QED) is 0.515. The maximum Gasteiger partial charge on any atom is 0.272 e. The van der Waals surface area contributed by atoms with Crippen molar-refractivity contribution >= 4 is 46.4 Å². The number of thioether (sulfide) groups is 1. The van der Waals surface area contributed by atoms with E-state index in [9.17, 15) is 9.59 Å². The van der Waals surface area contributed by atoms with Crippen LogP contribution in [0.4, 0.5) is 5.69 Å². The molecule has 144 valence electrons. The van der Waals surface area contributed by atoms with Gasteiger partial charge in [0.05, 0.1) is 23.3 Å². The van der Waals surface area contributed by atoms with Crippen LogP contribution in [0.3, 0.4) is 0 Å². The Morgan fingerprint density at radius 3 is 2.24 bits per heavy atom. The number of hydrogen-bond acceptors (Lipinski definition) is 4. The van der Waals surface area contributed by atoms with Crippen molar-refractivity contribution in [1.29, 1.82) is 0 Å². The van der Waals surface area contributed by atoms with Crippen molar-refractivity contribution in [1.82, 2.24) is 0 Å². The third-order valence-corrected chi connectivity index (χ3v) is 5.78. The van der Waals surface area contributed by atoms with E-state index in [1.165, 1.54) is 16.7 Å². The number of nitrogens with zero attached hydrogens (tertiary/aromatic N) is 1. The lowest BCUT2D eigenvalue weighted by atomic mass is 10.1. The summed E-state index contributed by atoms with van der Waals surface area (Å²) in [6.45, 7) is 0. The molecule has 0 saturated heterocycles. The zero-order valence-corrected chi connectivity index (χ0v) is 17.0. The van der Waals surface area contributed by atoms with E-state index in [-0.39, 0.29) is 11.8 Å². The number of methoxy groups -OCH3 is 1. The highest BCUT2D eigenvalue weighted by molar-refractivity contribution is 8.04. The monoisotopic (exact) mass is 421 g/mol. The van der Waals surface area contributed by atoms with Crippen LogP contribution in [0.1, 0.15) is 5.56 Å². The van der Waals surface area contributed by atoms with Crippen LogP contribution in [0.15, 0.2) is 88.7 Å². The molecule has 1 heterocycles. The van der Waals surface area contributed by atoms with E-state index in [1.54, 1.807) is 55.6 Å². The molecule has 29 heavy (non-hydrogen) atoms. The molecule has 1 aliphatic rings. The average Bonchev–Trinajstić information content (AvgIpc) is 2.98.